The molecule has 1 aliphatic heterocycles. The van der Waals surface area contributed by atoms with Crippen molar-refractivity contribution in [1.82, 2.24) is 15.5 Å². The van der Waals surface area contributed by atoms with Crippen molar-refractivity contribution in [1.29, 1.82) is 0 Å². The second kappa shape index (κ2) is 7.34. The molecule has 3 atom stereocenters. The van der Waals surface area contributed by atoms with E-state index in [4.69, 9.17) is 0 Å². The predicted molar refractivity (Wildman–Crippen MR) is 75.4 cm³/mol. The Morgan fingerprint density at radius 2 is 2.00 bits per heavy atom. The van der Waals surface area contributed by atoms with Crippen LogP contribution < -0.4 is 10.6 Å². The van der Waals surface area contributed by atoms with Crippen LogP contribution in [-0.2, 0) is 0 Å². The number of likely N-dealkylation sites (N-methyl/N-ethyl adjacent to an activating group) is 1. The Balaban J connectivity index is 2.31. The van der Waals surface area contributed by atoms with Gasteiger partial charge in [0.1, 0.15) is 0 Å². The first-order valence-electron chi connectivity index (χ1n) is 7.13. The van der Waals surface area contributed by atoms with Crippen LogP contribution in [0.15, 0.2) is 0 Å². The molecule has 1 rings (SSSR count). The van der Waals surface area contributed by atoms with Crippen LogP contribution >= 0.6 is 0 Å². The summed E-state index contributed by atoms with van der Waals surface area (Å²) in [5, 5.41) is 7.37. The molecule has 1 aliphatic rings. The van der Waals surface area contributed by atoms with Crippen LogP contribution in [0.1, 0.15) is 40.0 Å². The van der Waals surface area contributed by atoms with E-state index in [1.807, 2.05) is 0 Å². The third-order valence-corrected chi connectivity index (χ3v) is 3.67. The highest BCUT2D eigenvalue weighted by Crippen LogP contribution is 2.12. The zero-order chi connectivity index (χ0) is 12.8. The Morgan fingerprint density at radius 3 is 2.47 bits per heavy atom. The van der Waals surface area contributed by atoms with E-state index in [-0.39, 0.29) is 0 Å². The van der Waals surface area contributed by atoms with Crippen molar-refractivity contribution in [3.63, 3.8) is 0 Å². The molecule has 0 saturated carbocycles. The average Bonchev–Trinajstić information content (AvgIpc) is 2.68. The minimum atomic E-state index is 0.599. The fourth-order valence-corrected chi connectivity index (χ4v) is 2.67. The minimum Gasteiger partial charge on any atom is -0.314 e. The monoisotopic (exact) mass is 241 g/mol. The highest BCUT2D eigenvalue weighted by atomic mass is 15.1. The molecule has 3 nitrogen and oxygen atoms in total. The summed E-state index contributed by atoms with van der Waals surface area (Å²) in [6, 6.07) is 1.95. The standard InChI is InChI=1S/C14H31N3/c1-11(2)14(10-17(4)5)16-12(3)9-13-7-6-8-15-13/h11-16H,6-10H2,1-5H3. The van der Waals surface area contributed by atoms with Gasteiger partial charge in [-0.15, -0.1) is 0 Å². The second-order valence-electron chi connectivity index (χ2n) is 6.21. The first kappa shape index (κ1) is 14.9. The Labute approximate surface area is 107 Å². The van der Waals surface area contributed by atoms with Gasteiger partial charge in [-0.25, -0.2) is 0 Å². The van der Waals surface area contributed by atoms with E-state index in [0.29, 0.717) is 18.0 Å². The summed E-state index contributed by atoms with van der Waals surface area (Å²) in [5.41, 5.74) is 0. The molecule has 0 spiro atoms. The minimum absolute atomic E-state index is 0.599. The maximum Gasteiger partial charge on any atom is 0.0220 e. The van der Waals surface area contributed by atoms with E-state index >= 15 is 0 Å². The number of rotatable bonds is 7. The van der Waals surface area contributed by atoms with Crippen molar-refractivity contribution in [2.75, 3.05) is 27.2 Å². The second-order valence-corrected chi connectivity index (χ2v) is 6.21. The SMILES string of the molecule is CC(CC1CCCN1)NC(CN(C)C)C(C)C. The Bertz CT molecular complexity index is 198. The Kier molecular flexibility index (Phi) is 6.45. The predicted octanol–water partition coefficient (Wildman–Crippen LogP) is 1.69. The third-order valence-electron chi connectivity index (χ3n) is 3.67. The molecule has 0 aromatic carbocycles. The van der Waals surface area contributed by atoms with Gasteiger partial charge in [-0.3, -0.25) is 0 Å². The third kappa shape index (κ3) is 5.84. The molecule has 0 amide bonds. The van der Waals surface area contributed by atoms with E-state index in [1.165, 1.54) is 25.8 Å². The molecule has 0 radical (unpaired) electrons. The quantitative estimate of drug-likeness (QED) is 0.710. The van der Waals surface area contributed by atoms with Crippen LogP contribution in [0, 0.1) is 5.92 Å². The average molecular weight is 241 g/mol. The van der Waals surface area contributed by atoms with Crippen molar-refractivity contribution in [3.8, 4) is 0 Å². The normalized spacial score (nSPS) is 24.5. The molecule has 1 saturated heterocycles. The van der Waals surface area contributed by atoms with Gasteiger partial charge in [-0.05, 0) is 52.7 Å². The summed E-state index contributed by atoms with van der Waals surface area (Å²) in [7, 11) is 4.31. The van der Waals surface area contributed by atoms with Gasteiger partial charge in [0.2, 0.25) is 0 Å². The summed E-state index contributed by atoms with van der Waals surface area (Å²) >= 11 is 0. The first-order chi connectivity index (χ1) is 7.99. The van der Waals surface area contributed by atoms with Crippen molar-refractivity contribution in [3.05, 3.63) is 0 Å². The molecule has 102 valence electrons. The van der Waals surface area contributed by atoms with Crippen LogP contribution in [0.25, 0.3) is 0 Å². The molecule has 3 unspecified atom stereocenters. The maximum atomic E-state index is 3.79. The highest BCUT2D eigenvalue weighted by molar-refractivity contribution is 4.82. The molecule has 0 aromatic heterocycles. The number of hydrogen-bond donors (Lipinski definition) is 2. The first-order valence-corrected chi connectivity index (χ1v) is 7.13. The van der Waals surface area contributed by atoms with Crippen LogP contribution in [0.4, 0.5) is 0 Å². The fraction of sp³-hybridized carbons (Fsp3) is 1.00. The van der Waals surface area contributed by atoms with Gasteiger partial charge in [0.05, 0.1) is 0 Å². The van der Waals surface area contributed by atoms with Crippen LogP contribution in [0.2, 0.25) is 0 Å². The Hall–Kier alpha value is -0.120. The van der Waals surface area contributed by atoms with Crippen molar-refractivity contribution < 1.29 is 0 Å². The highest BCUT2D eigenvalue weighted by Gasteiger charge is 2.20. The number of nitrogens with zero attached hydrogens (tertiary/aromatic N) is 1. The lowest BCUT2D eigenvalue weighted by molar-refractivity contribution is 0.263. The van der Waals surface area contributed by atoms with Gasteiger partial charge in [0.15, 0.2) is 0 Å². The fourth-order valence-electron chi connectivity index (χ4n) is 2.67. The maximum absolute atomic E-state index is 3.79. The van der Waals surface area contributed by atoms with E-state index in [9.17, 15) is 0 Å². The number of nitrogens with one attached hydrogen (secondary N) is 2. The van der Waals surface area contributed by atoms with Gasteiger partial charge < -0.3 is 15.5 Å². The van der Waals surface area contributed by atoms with Gasteiger partial charge in [-0.1, -0.05) is 13.8 Å². The summed E-state index contributed by atoms with van der Waals surface area (Å²) in [6.07, 6.45) is 3.96. The molecule has 1 heterocycles. The lowest BCUT2D eigenvalue weighted by Gasteiger charge is -2.30. The zero-order valence-electron chi connectivity index (χ0n) is 12.3. The van der Waals surface area contributed by atoms with Gasteiger partial charge in [-0.2, -0.15) is 0 Å². The largest absolute Gasteiger partial charge is 0.314 e. The van der Waals surface area contributed by atoms with E-state index < -0.39 is 0 Å². The summed E-state index contributed by atoms with van der Waals surface area (Å²) in [4.78, 5) is 2.28. The lowest BCUT2D eigenvalue weighted by atomic mass is 10.0. The molecule has 0 aromatic rings. The molecule has 1 fully saturated rings. The topological polar surface area (TPSA) is 27.3 Å². The van der Waals surface area contributed by atoms with Crippen molar-refractivity contribution >= 4 is 0 Å². The summed E-state index contributed by atoms with van der Waals surface area (Å²) in [6.45, 7) is 9.28. The number of hydrogen-bond acceptors (Lipinski definition) is 3. The van der Waals surface area contributed by atoms with E-state index in [0.717, 1.165) is 12.6 Å². The molecular formula is C14H31N3. The van der Waals surface area contributed by atoms with Crippen LogP contribution in [0.5, 0.6) is 0 Å². The molecular weight excluding hydrogens is 210 g/mol. The molecule has 2 N–H and O–H groups in total. The van der Waals surface area contributed by atoms with E-state index in [2.05, 4.69) is 50.4 Å². The molecule has 17 heavy (non-hydrogen) atoms. The van der Waals surface area contributed by atoms with Crippen molar-refractivity contribution in [2.24, 2.45) is 5.92 Å². The van der Waals surface area contributed by atoms with Gasteiger partial charge in [0, 0.05) is 24.7 Å². The molecule has 0 bridgehead atoms. The zero-order valence-corrected chi connectivity index (χ0v) is 12.3. The molecule has 0 aliphatic carbocycles. The summed E-state index contributed by atoms with van der Waals surface area (Å²) < 4.78 is 0. The smallest absolute Gasteiger partial charge is 0.0220 e. The molecule has 3 heteroatoms. The van der Waals surface area contributed by atoms with Gasteiger partial charge in [0.25, 0.3) is 0 Å². The van der Waals surface area contributed by atoms with Crippen LogP contribution in [-0.4, -0.2) is 50.2 Å². The van der Waals surface area contributed by atoms with Crippen molar-refractivity contribution in [2.45, 2.75) is 58.2 Å². The lowest BCUT2D eigenvalue weighted by Crippen LogP contribution is -2.47. The van der Waals surface area contributed by atoms with E-state index in [1.54, 1.807) is 0 Å². The summed E-state index contributed by atoms with van der Waals surface area (Å²) in [5.74, 6) is 0.691. The Morgan fingerprint density at radius 1 is 1.29 bits per heavy atom. The van der Waals surface area contributed by atoms with Crippen LogP contribution in [0.3, 0.4) is 0 Å². The van der Waals surface area contributed by atoms with Gasteiger partial charge >= 0.3 is 0 Å².